The van der Waals surface area contributed by atoms with Crippen molar-refractivity contribution in [3.63, 3.8) is 0 Å². The highest BCUT2D eigenvalue weighted by Crippen LogP contribution is 2.58. The molecule has 0 bridgehead atoms. The molecule has 0 atom stereocenters. The average Bonchev–Trinajstić information content (AvgIpc) is 3.83. The van der Waals surface area contributed by atoms with Crippen LogP contribution in [0.2, 0.25) is 0 Å². The molecule has 1 aliphatic carbocycles. The van der Waals surface area contributed by atoms with Crippen LogP contribution in [-0.4, -0.2) is 0 Å². The Morgan fingerprint density at radius 3 is 1.49 bits per heavy atom. The monoisotopic (exact) mass is 743 g/mol. The Morgan fingerprint density at radius 2 is 0.877 bits per heavy atom. The van der Waals surface area contributed by atoms with Crippen LogP contribution in [0.1, 0.15) is 22.3 Å². The van der Waals surface area contributed by atoms with Crippen molar-refractivity contribution in [3.05, 3.63) is 247 Å². The number of hydrogen-bond acceptors (Lipinski definition) is 2. The third kappa shape index (κ3) is 5.29. The summed E-state index contributed by atoms with van der Waals surface area (Å²) in [7, 11) is 0. The van der Waals surface area contributed by atoms with Crippen LogP contribution in [0.15, 0.2) is 224 Å². The van der Waals surface area contributed by atoms with Gasteiger partial charge in [-0.15, -0.1) is 11.3 Å². The topological polar surface area (TPSA) is 3.24 Å². The molecule has 0 unspecified atom stereocenters. The van der Waals surface area contributed by atoms with Gasteiger partial charge in [0.15, 0.2) is 0 Å². The number of fused-ring (bicyclic) bond motifs is 6. The smallest absolute Gasteiger partial charge is 0.0727 e. The molecule has 0 saturated carbocycles. The Morgan fingerprint density at radius 1 is 0.368 bits per heavy atom. The van der Waals surface area contributed by atoms with E-state index in [0.717, 1.165) is 17.1 Å². The molecule has 2 heteroatoms. The zero-order chi connectivity index (χ0) is 37.8. The van der Waals surface area contributed by atoms with Gasteiger partial charge in [-0.05, 0) is 98.1 Å². The molecule has 0 fully saturated rings. The lowest BCUT2D eigenvalue weighted by Crippen LogP contribution is -2.28. The minimum absolute atomic E-state index is 0.483. The molecule has 268 valence electrons. The number of hydrogen-bond donors (Lipinski definition) is 0. The molecular formula is C55H37NS. The molecule has 0 spiro atoms. The molecule has 1 nitrogen and oxygen atoms in total. The van der Waals surface area contributed by atoms with E-state index in [1.807, 2.05) is 11.3 Å². The molecule has 0 radical (unpaired) electrons. The largest absolute Gasteiger partial charge is 0.310 e. The number of para-hydroxylation sites is 1. The third-order valence-electron chi connectivity index (χ3n) is 11.7. The molecule has 0 saturated heterocycles. The highest BCUT2D eigenvalue weighted by molar-refractivity contribution is 7.26. The van der Waals surface area contributed by atoms with E-state index in [1.165, 1.54) is 75.8 Å². The second-order valence-electron chi connectivity index (χ2n) is 14.8. The lowest BCUT2D eigenvalue weighted by atomic mass is 9.67. The summed E-state index contributed by atoms with van der Waals surface area (Å²) in [6.07, 6.45) is 0. The van der Waals surface area contributed by atoms with Crippen LogP contribution < -0.4 is 4.90 Å². The molecular weight excluding hydrogens is 707 g/mol. The molecule has 0 N–H and O–H groups in total. The van der Waals surface area contributed by atoms with Gasteiger partial charge in [-0.25, -0.2) is 0 Å². The molecule has 1 heterocycles. The first-order chi connectivity index (χ1) is 28.3. The zero-order valence-corrected chi connectivity index (χ0v) is 32.0. The first-order valence-electron chi connectivity index (χ1n) is 19.6. The van der Waals surface area contributed by atoms with E-state index < -0.39 is 5.41 Å². The maximum absolute atomic E-state index is 2.47. The highest BCUT2D eigenvalue weighted by Gasteiger charge is 2.47. The lowest BCUT2D eigenvalue weighted by Gasteiger charge is -2.34. The van der Waals surface area contributed by atoms with Gasteiger partial charge in [0.1, 0.15) is 0 Å². The molecule has 0 aliphatic heterocycles. The maximum Gasteiger partial charge on any atom is 0.0727 e. The Kier molecular flexibility index (Phi) is 7.98. The normalized spacial score (nSPS) is 12.7. The number of benzene rings is 9. The van der Waals surface area contributed by atoms with E-state index >= 15 is 0 Å². The van der Waals surface area contributed by atoms with E-state index in [-0.39, 0.29) is 0 Å². The highest BCUT2D eigenvalue weighted by atomic mass is 32.1. The van der Waals surface area contributed by atoms with Gasteiger partial charge < -0.3 is 4.90 Å². The Balaban J connectivity index is 1.20. The summed E-state index contributed by atoms with van der Waals surface area (Å²) in [5.74, 6) is 0. The van der Waals surface area contributed by atoms with Crippen LogP contribution in [-0.2, 0) is 5.41 Å². The van der Waals surface area contributed by atoms with Crippen molar-refractivity contribution in [2.24, 2.45) is 0 Å². The van der Waals surface area contributed by atoms with Crippen molar-refractivity contribution in [3.8, 4) is 33.4 Å². The van der Waals surface area contributed by atoms with Crippen molar-refractivity contribution >= 4 is 48.6 Å². The fourth-order valence-corrected chi connectivity index (χ4v) is 10.6. The number of rotatable bonds is 7. The summed E-state index contributed by atoms with van der Waals surface area (Å²) in [6.45, 7) is 0. The zero-order valence-electron chi connectivity index (χ0n) is 31.2. The molecule has 1 aromatic heterocycles. The predicted octanol–water partition coefficient (Wildman–Crippen LogP) is 15.2. The molecule has 0 amide bonds. The summed E-state index contributed by atoms with van der Waals surface area (Å²) >= 11 is 1.91. The quantitative estimate of drug-likeness (QED) is 0.157. The van der Waals surface area contributed by atoms with Crippen molar-refractivity contribution in [2.45, 2.75) is 5.41 Å². The minimum atomic E-state index is -0.483. The number of thiophene rings is 1. The van der Waals surface area contributed by atoms with Gasteiger partial charge in [-0.2, -0.15) is 0 Å². The van der Waals surface area contributed by atoms with Gasteiger partial charge in [0.2, 0.25) is 0 Å². The fraction of sp³-hybridized carbons (Fsp3) is 0.0182. The first kappa shape index (κ1) is 33.3. The van der Waals surface area contributed by atoms with Gasteiger partial charge in [-0.1, -0.05) is 182 Å². The van der Waals surface area contributed by atoms with Crippen molar-refractivity contribution < 1.29 is 0 Å². The van der Waals surface area contributed by atoms with E-state index in [4.69, 9.17) is 0 Å². The summed E-state index contributed by atoms with van der Waals surface area (Å²) in [5.41, 5.74) is 15.5. The molecule has 9 aromatic carbocycles. The predicted molar refractivity (Wildman–Crippen MR) is 242 cm³/mol. The second kappa shape index (κ2) is 13.6. The SMILES string of the molecule is c1ccc(-c2cc(-c3ccccc3)cc(N(c3ccccc3)c3cccc4sc5c(C6(c7ccccc7)c7ccccc7-c7ccccc76)cccc5c34)c2)cc1. The van der Waals surface area contributed by atoms with Gasteiger partial charge in [0.25, 0.3) is 0 Å². The standard InChI is InChI=1S/C55H37NS/c1-5-19-38(20-6-1)40-35-41(39-21-7-2-8-22-39)37-44(36-40)56(43-25-11-4-12-26-43)51-33-18-34-52-53(51)47-29-17-32-50(54(47)57-52)55(42-23-9-3-10-24-42)48-30-15-13-27-45(48)46-28-14-16-31-49(46)55/h1-37H. The Hall–Kier alpha value is -7.00. The molecule has 57 heavy (non-hydrogen) atoms. The van der Waals surface area contributed by atoms with Crippen LogP contribution in [0.5, 0.6) is 0 Å². The summed E-state index contributed by atoms with van der Waals surface area (Å²) in [4.78, 5) is 2.47. The molecule has 1 aliphatic rings. The van der Waals surface area contributed by atoms with Gasteiger partial charge in [0, 0.05) is 31.5 Å². The summed E-state index contributed by atoms with van der Waals surface area (Å²) in [6, 6.07) is 82.4. The summed E-state index contributed by atoms with van der Waals surface area (Å²) < 4.78 is 2.58. The van der Waals surface area contributed by atoms with E-state index in [0.29, 0.717) is 0 Å². The molecule has 11 rings (SSSR count). The van der Waals surface area contributed by atoms with Crippen molar-refractivity contribution in [2.75, 3.05) is 4.90 Å². The van der Waals surface area contributed by atoms with Crippen molar-refractivity contribution in [1.29, 1.82) is 0 Å². The van der Waals surface area contributed by atoms with Crippen LogP contribution >= 0.6 is 11.3 Å². The van der Waals surface area contributed by atoms with Gasteiger partial charge in [0.05, 0.1) is 11.1 Å². The van der Waals surface area contributed by atoms with Crippen LogP contribution in [0, 0.1) is 0 Å². The first-order valence-corrected chi connectivity index (χ1v) is 20.4. The van der Waals surface area contributed by atoms with Gasteiger partial charge >= 0.3 is 0 Å². The minimum Gasteiger partial charge on any atom is -0.310 e. The summed E-state index contributed by atoms with van der Waals surface area (Å²) in [5, 5.41) is 2.53. The van der Waals surface area contributed by atoms with Crippen molar-refractivity contribution in [1.82, 2.24) is 0 Å². The Labute approximate surface area is 337 Å². The van der Waals surface area contributed by atoms with E-state index in [1.54, 1.807) is 0 Å². The number of nitrogens with zero attached hydrogens (tertiary/aromatic N) is 1. The van der Waals surface area contributed by atoms with Crippen LogP contribution in [0.4, 0.5) is 17.1 Å². The average molecular weight is 744 g/mol. The fourth-order valence-electron chi connectivity index (χ4n) is 9.33. The molecule has 10 aromatic rings. The van der Waals surface area contributed by atoms with E-state index in [9.17, 15) is 0 Å². The Bertz CT molecular complexity index is 2950. The third-order valence-corrected chi connectivity index (χ3v) is 12.9. The van der Waals surface area contributed by atoms with E-state index in [2.05, 4.69) is 229 Å². The number of anilines is 3. The lowest BCUT2D eigenvalue weighted by molar-refractivity contribution is 0.778. The van der Waals surface area contributed by atoms with Crippen LogP contribution in [0.25, 0.3) is 53.6 Å². The maximum atomic E-state index is 2.47. The van der Waals surface area contributed by atoms with Gasteiger partial charge in [-0.3, -0.25) is 0 Å². The van der Waals surface area contributed by atoms with Crippen LogP contribution in [0.3, 0.4) is 0 Å². The second-order valence-corrected chi connectivity index (χ2v) is 15.9.